The number of hydrogen-bond donors (Lipinski definition) is 2. The van der Waals surface area contributed by atoms with Gasteiger partial charge in [-0.05, 0) is 67.4 Å². The van der Waals surface area contributed by atoms with Crippen molar-refractivity contribution in [3.63, 3.8) is 0 Å². The van der Waals surface area contributed by atoms with Crippen LogP contribution < -0.4 is 10.6 Å². The predicted octanol–water partition coefficient (Wildman–Crippen LogP) is 6.35. The Labute approximate surface area is 220 Å². The fourth-order valence-electron chi connectivity index (χ4n) is 3.90. The molecule has 0 aliphatic carbocycles. The average molecular weight is 543 g/mol. The van der Waals surface area contributed by atoms with Crippen molar-refractivity contribution in [2.45, 2.75) is 32.0 Å². The quantitative estimate of drug-likeness (QED) is 0.267. The average Bonchev–Trinajstić information content (AvgIpc) is 3.17. The van der Waals surface area contributed by atoms with Gasteiger partial charge in [0.2, 0.25) is 5.91 Å². The van der Waals surface area contributed by atoms with Gasteiger partial charge in [0, 0.05) is 47.1 Å². The van der Waals surface area contributed by atoms with E-state index in [2.05, 4.69) is 24.9 Å². The van der Waals surface area contributed by atoms with Gasteiger partial charge in [-0.2, -0.15) is 0 Å². The monoisotopic (exact) mass is 542 g/mol. The number of alkyl halides is 2. The van der Waals surface area contributed by atoms with Crippen LogP contribution in [0, 0.1) is 0 Å². The Balaban J connectivity index is 1.59. The molecule has 2 heterocycles. The van der Waals surface area contributed by atoms with Crippen molar-refractivity contribution >= 4 is 49.2 Å². The van der Waals surface area contributed by atoms with Crippen LogP contribution in [0.4, 0.5) is 14.5 Å². The summed E-state index contributed by atoms with van der Waals surface area (Å²) < 4.78 is 29.3. The van der Waals surface area contributed by atoms with Gasteiger partial charge in [0.05, 0.1) is 10.7 Å². The standard InChI is InChI=1S/C27H26ClF2N4O2P/c1-27(2,37)26(36)32-14-15-10-20(23(24(29)30)31-13-15)25(35)33-19-8-9-21-17(11-19)12-22(34(21)3)16-4-6-18(28)7-5-16/h4-13,24H,14,37H2,1-3H3,(H,32,36)(H,33,35). The van der Waals surface area contributed by atoms with E-state index in [4.69, 9.17) is 11.6 Å². The van der Waals surface area contributed by atoms with Crippen LogP contribution in [0.2, 0.25) is 5.02 Å². The van der Waals surface area contributed by atoms with Gasteiger partial charge in [-0.25, -0.2) is 8.78 Å². The molecule has 0 aliphatic rings. The highest BCUT2D eigenvalue weighted by molar-refractivity contribution is 7.20. The first-order chi connectivity index (χ1) is 17.4. The van der Waals surface area contributed by atoms with Crippen LogP contribution in [0.3, 0.4) is 0 Å². The molecule has 0 radical (unpaired) electrons. The lowest BCUT2D eigenvalue weighted by Gasteiger charge is -2.18. The molecule has 1 unspecified atom stereocenters. The molecule has 4 aromatic rings. The predicted molar refractivity (Wildman–Crippen MR) is 146 cm³/mol. The van der Waals surface area contributed by atoms with Gasteiger partial charge in [-0.15, -0.1) is 9.24 Å². The zero-order chi connectivity index (χ0) is 26.9. The topological polar surface area (TPSA) is 76.0 Å². The van der Waals surface area contributed by atoms with Gasteiger partial charge in [-0.1, -0.05) is 23.7 Å². The van der Waals surface area contributed by atoms with Gasteiger partial charge in [0.25, 0.3) is 12.3 Å². The lowest BCUT2D eigenvalue weighted by molar-refractivity contribution is -0.122. The Kier molecular flexibility index (Phi) is 7.62. The van der Waals surface area contributed by atoms with Gasteiger partial charge in [0.1, 0.15) is 5.69 Å². The number of rotatable bonds is 7. The number of pyridine rings is 1. The maximum atomic E-state index is 13.6. The second kappa shape index (κ2) is 10.6. The molecule has 2 amide bonds. The van der Waals surface area contributed by atoms with Crippen LogP contribution in [0.25, 0.3) is 22.2 Å². The molecule has 0 aliphatic heterocycles. The number of anilines is 1. The second-order valence-corrected chi connectivity index (χ2v) is 11.2. The van der Waals surface area contributed by atoms with Crippen LogP contribution in [0.5, 0.6) is 0 Å². The fourth-order valence-corrected chi connectivity index (χ4v) is 4.13. The maximum Gasteiger partial charge on any atom is 0.281 e. The van der Waals surface area contributed by atoms with Crippen LogP contribution >= 0.6 is 20.8 Å². The van der Waals surface area contributed by atoms with Crippen molar-refractivity contribution in [1.29, 1.82) is 0 Å². The van der Waals surface area contributed by atoms with Gasteiger partial charge < -0.3 is 15.2 Å². The van der Waals surface area contributed by atoms with Crippen LogP contribution in [-0.2, 0) is 18.4 Å². The third-order valence-corrected chi connectivity index (χ3v) is 6.42. The molecule has 0 fully saturated rings. The summed E-state index contributed by atoms with van der Waals surface area (Å²) in [5.41, 5.74) is 2.90. The number of carbonyl (C=O) groups is 2. The van der Waals surface area contributed by atoms with E-state index in [0.717, 1.165) is 22.2 Å². The van der Waals surface area contributed by atoms with E-state index >= 15 is 0 Å². The molecule has 4 rings (SSSR count). The SMILES string of the molecule is Cn1c(-c2ccc(Cl)cc2)cc2cc(NC(=O)c3cc(CNC(=O)C(C)(C)P)cnc3C(F)F)ccc21. The molecule has 0 spiro atoms. The Hall–Kier alpha value is -3.35. The minimum Gasteiger partial charge on any atom is -0.351 e. The van der Waals surface area contributed by atoms with Gasteiger partial charge in [0.15, 0.2) is 0 Å². The van der Waals surface area contributed by atoms with E-state index in [-0.39, 0.29) is 18.0 Å². The van der Waals surface area contributed by atoms with Gasteiger partial charge in [-0.3, -0.25) is 14.6 Å². The maximum absolute atomic E-state index is 13.6. The molecule has 0 saturated heterocycles. The second-order valence-electron chi connectivity index (χ2n) is 9.30. The van der Waals surface area contributed by atoms with Crippen molar-refractivity contribution in [3.05, 3.63) is 82.6 Å². The van der Waals surface area contributed by atoms with E-state index < -0.39 is 23.2 Å². The number of nitrogens with one attached hydrogen (secondary N) is 2. The highest BCUT2D eigenvalue weighted by Crippen LogP contribution is 2.30. The molecule has 1 atom stereocenters. The molecule has 6 nitrogen and oxygen atoms in total. The number of fused-ring (bicyclic) bond motifs is 1. The highest BCUT2D eigenvalue weighted by Gasteiger charge is 2.23. The molecule has 2 N–H and O–H groups in total. The van der Waals surface area contributed by atoms with E-state index in [9.17, 15) is 18.4 Å². The number of nitrogens with zero attached hydrogens (tertiary/aromatic N) is 2. The van der Waals surface area contributed by atoms with Crippen molar-refractivity contribution in [1.82, 2.24) is 14.9 Å². The molecule has 10 heteroatoms. The largest absolute Gasteiger partial charge is 0.351 e. The summed E-state index contributed by atoms with van der Waals surface area (Å²) in [6, 6.07) is 16.2. The van der Waals surface area contributed by atoms with Crippen LogP contribution in [-0.4, -0.2) is 26.5 Å². The number of halogens is 3. The molecule has 0 bridgehead atoms. The fraction of sp³-hybridized carbons (Fsp3) is 0.222. The minimum atomic E-state index is -2.94. The number of amides is 2. The Morgan fingerprint density at radius 2 is 1.81 bits per heavy atom. The smallest absolute Gasteiger partial charge is 0.281 e. The first-order valence-corrected chi connectivity index (χ1v) is 12.4. The number of hydrogen-bond acceptors (Lipinski definition) is 3. The molecular formula is C27H26ClF2N4O2P. The number of carbonyl (C=O) groups excluding carboxylic acids is 2. The summed E-state index contributed by atoms with van der Waals surface area (Å²) >= 11 is 6.01. The van der Waals surface area contributed by atoms with Gasteiger partial charge >= 0.3 is 0 Å². The Morgan fingerprint density at radius 1 is 1.11 bits per heavy atom. The summed E-state index contributed by atoms with van der Waals surface area (Å²) in [7, 11) is 4.37. The van der Waals surface area contributed by atoms with E-state index in [0.29, 0.717) is 16.3 Å². The van der Waals surface area contributed by atoms with Crippen molar-refractivity contribution < 1.29 is 18.4 Å². The summed E-state index contributed by atoms with van der Waals surface area (Å²) in [4.78, 5) is 29.0. The molecule has 0 saturated carbocycles. The Bertz CT molecular complexity index is 1480. The normalized spacial score (nSPS) is 11.7. The summed E-state index contributed by atoms with van der Waals surface area (Å²) in [5, 5.41) is 6.25. The Morgan fingerprint density at radius 3 is 2.46 bits per heavy atom. The lowest BCUT2D eigenvalue weighted by Crippen LogP contribution is -2.37. The number of aromatic nitrogens is 2. The zero-order valence-electron chi connectivity index (χ0n) is 20.5. The van der Waals surface area contributed by atoms with E-state index in [1.165, 1.54) is 12.3 Å². The minimum absolute atomic E-state index is 0.0525. The van der Waals surface area contributed by atoms with Crippen molar-refractivity contribution in [2.24, 2.45) is 7.05 Å². The highest BCUT2D eigenvalue weighted by atomic mass is 35.5. The third-order valence-electron chi connectivity index (χ3n) is 5.91. The summed E-state index contributed by atoms with van der Waals surface area (Å²) in [6.07, 6.45) is -1.70. The van der Waals surface area contributed by atoms with E-state index in [1.807, 2.05) is 48.0 Å². The first-order valence-electron chi connectivity index (χ1n) is 11.4. The molecule has 192 valence electrons. The third kappa shape index (κ3) is 5.97. The van der Waals surface area contributed by atoms with Crippen molar-refractivity contribution in [2.75, 3.05) is 5.32 Å². The zero-order valence-corrected chi connectivity index (χ0v) is 22.4. The first kappa shape index (κ1) is 26.7. The summed E-state index contributed by atoms with van der Waals surface area (Å²) in [6.45, 7) is 3.51. The number of benzene rings is 2. The lowest BCUT2D eigenvalue weighted by atomic mass is 10.1. The van der Waals surface area contributed by atoms with Crippen LogP contribution in [0.15, 0.2) is 60.8 Å². The molecule has 2 aromatic carbocycles. The molecular weight excluding hydrogens is 517 g/mol. The van der Waals surface area contributed by atoms with Crippen LogP contribution in [0.1, 0.15) is 41.9 Å². The van der Waals surface area contributed by atoms with E-state index in [1.54, 1.807) is 26.0 Å². The molecule has 37 heavy (non-hydrogen) atoms. The molecule has 2 aromatic heterocycles. The van der Waals surface area contributed by atoms with Crippen molar-refractivity contribution in [3.8, 4) is 11.3 Å². The summed E-state index contributed by atoms with van der Waals surface area (Å²) in [5.74, 6) is -0.953. The number of aryl methyl sites for hydroxylation is 1.